The van der Waals surface area contributed by atoms with Gasteiger partial charge in [0.05, 0.1) is 6.10 Å². The number of fused-ring (bicyclic) bond motifs is 1. The van der Waals surface area contributed by atoms with E-state index in [1.54, 1.807) is 0 Å². The van der Waals surface area contributed by atoms with Gasteiger partial charge in [0, 0.05) is 23.4 Å². The van der Waals surface area contributed by atoms with Gasteiger partial charge in [0.15, 0.2) is 0 Å². The normalized spacial score (nSPS) is 33.8. The van der Waals surface area contributed by atoms with E-state index in [-0.39, 0.29) is 17.7 Å². The third-order valence-electron chi connectivity index (χ3n) is 5.65. The lowest BCUT2D eigenvalue weighted by Gasteiger charge is -2.52. The molecule has 0 bridgehead atoms. The van der Waals surface area contributed by atoms with E-state index >= 15 is 0 Å². The molecule has 4 rings (SSSR count). The topological polar surface area (TPSA) is 47.9 Å². The highest BCUT2D eigenvalue weighted by molar-refractivity contribution is 6.30. The molecule has 5 heteroatoms. The summed E-state index contributed by atoms with van der Waals surface area (Å²) in [5.74, 6) is 1.20. The zero-order valence-corrected chi connectivity index (χ0v) is 14.1. The summed E-state index contributed by atoms with van der Waals surface area (Å²) in [5.41, 5.74) is 4.58. The van der Waals surface area contributed by atoms with Crippen LogP contribution in [-0.4, -0.2) is 34.7 Å². The first-order valence-electron chi connectivity index (χ1n) is 8.72. The molecular weight excluding hydrogens is 310 g/mol. The van der Waals surface area contributed by atoms with E-state index in [0.29, 0.717) is 0 Å². The van der Waals surface area contributed by atoms with Gasteiger partial charge < -0.3 is 10.0 Å². The number of hydrogen-bond acceptors (Lipinski definition) is 4. The van der Waals surface area contributed by atoms with E-state index in [1.165, 1.54) is 37.1 Å². The van der Waals surface area contributed by atoms with Crippen molar-refractivity contribution < 1.29 is 5.11 Å². The summed E-state index contributed by atoms with van der Waals surface area (Å²) in [7, 11) is 0. The van der Waals surface area contributed by atoms with Gasteiger partial charge in [0.1, 0.15) is 12.0 Å². The van der Waals surface area contributed by atoms with E-state index in [9.17, 15) is 5.11 Å². The highest BCUT2D eigenvalue weighted by Gasteiger charge is 2.54. The Morgan fingerprint density at radius 1 is 1.13 bits per heavy atom. The number of nitrogens with zero attached hydrogens (tertiary/aromatic N) is 2. The summed E-state index contributed by atoms with van der Waals surface area (Å²) in [4.78, 5) is 2.46. The van der Waals surface area contributed by atoms with Gasteiger partial charge >= 0.3 is 0 Å². The molecule has 1 aromatic rings. The van der Waals surface area contributed by atoms with Crippen LogP contribution in [0.4, 0.5) is 0 Å². The van der Waals surface area contributed by atoms with Gasteiger partial charge in [-0.15, -0.1) is 0 Å². The molecule has 2 heterocycles. The Balaban J connectivity index is 1.64. The highest BCUT2D eigenvalue weighted by Crippen LogP contribution is 2.49. The lowest BCUT2D eigenvalue weighted by molar-refractivity contribution is -0.0262. The largest absolute Gasteiger partial charge is 0.393 e. The Labute approximate surface area is 142 Å². The minimum Gasteiger partial charge on any atom is -0.393 e. The average molecular weight is 334 g/mol. The van der Waals surface area contributed by atoms with Gasteiger partial charge in [-0.2, -0.15) is 5.10 Å². The van der Waals surface area contributed by atoms with Crippen molar-refractivity contribution in [1.29, 1.82) is 0 Å². The highest BCUT2D eigenvalue weighted by atomic mass is 35.5. The molecule has 23 heavy (non-hydrogen) atoms. The Morgan fingerprint density at radius 3 is 2.61 bits per heavy atom. The lowest BCUT2D eigenvalue weighted by atomic mass is 9.60. The molecule has 0 spiro atoms. The molecule has 124 valence electrons. The molecule has 0 amide bonds. The van der Waals surface area contributed by atoms with Crippen LogP contribution in [0.25, 0.3) is 0 Å². The predicted octanol–water partition coefficient (Wildman–Crippen LogP) is 3.24. The van der Waals surface area contributed by atoms with Crippen LogP contribution >= 0.6 is 11.6 Å². The second-order valence-corrected chi connectivity index (χ2v) is 7.58. The SMILES string of the molecule is OC1CC(c2ccc(Cl)cc2)(C2NN=C3CCCCCCN32)C1. The van der Waals surface area contributed by atoms with Crippen molar-refractivity contribution in [3.05, 3.63) is 34.9 Å². The maximum absolute atomic E-state index is 10.0. The van der Waals surface area contributed by atoms with Crippen LogP contribution in [0.5, 0.6) is 0 Å². The molecule has 2 N–H and O–H groups in total. The van der Waals surface area contributed by atoms with Gasteiger partial charge in [-0.3, -0.25) is 5.43 Å². The first-order chi connectivity index (χ1) is 11.2. The van der Waals surface area contributed by atoms with Crippen molar-refractivity contribution in [2.75, 3.05) is 6.54 Å². The van der Waals surface area contributed by atoms with Crippen molar-refractivity contribution >= 4 is 17.4 Å². The van der Waals surface area contributed by atoms with Gasteiger partial charge in [-0.1, -0.05) is 36.6 Å². The maximum atomic E-state index is 10.0. The molecule has 1 unspecified atom stereocenters. The monoisotopic (exact) mass is 333 g/mol. The first kappa shape index (κ1) is 15.3. The van der Waals surface area contributed by atoms with E-state index < -0.39 is 0 Å². The Bertz CT molecular complexity index is 595. The van der Waals surface area contributed by atoms with E-state index in [2.05, 4.69) is 27.6 Å². The number of aliphatic hydroxyl groups excluding tert-OH is 1. The molecule has 1 aromatic carbocycles. The minimum atomic E-state index is -0.216. The zero-order valence-electron chi connectivity index (χ0n) is 13.3. The molecule has 0 aromatic heterocycles. The van der Waals surface area contributed by atoms with Crippen molar-refractivity contribution in [3.8, 4) is 0 Å². The third kappa shape index (κ3) is 2.62. The van der Waals surface area contributed by atoms with Gasteiger partial charge in [-0.05, 0) is 43.4 Å². The average Bonchev–Trinajstić information content (AvgIpc) is 2.86. The van der Waals surface area contributed by atoms with E-state index in [4.69, 9.17) is 11.6 Å². The number of hydrogen-bond donors (Lipinski definition) is 2. The summed E-state index contributed by atoms with van der Waals surface area (Å²) in [5, 5.41) is 15.4. The predicted molar refractivity (Wildman–Crippen MR) is 92.5 cm³/mol. The van der Waals surface area contributed by atoms with E-state index in [0.717, 1.165) is 30.8 Å². The molecular formula is C18H24ClN3O. The first-order valence-corrected chi connectivity index (χ1v) is 9.10. The van der Waals surface area contributed by atoms with Crippen LogP contribution in [0.3, 0.4) is 0 Å². The van der Waals surface area contributed by atoms with Crippen LogP contribution in [-0.2, 0) is 5.41 Å². The van der Waals surface area contributed by atoms with Gasteiger partial charge in [-0.25, -0.2) is 0 Å². The smallest absolute Gasteiger partial charge is 0.126 e. The number of amidine groups is 1. The molecule has 4 nitrogen and oxygen atoms in total. The second-order valence-electron chi connectivity index (χ2n) is 7.14. The van der Waals surface area contributed by atoms with Crippen LogP contribution in [0, 0.1) is 0 Å². The molecule has 2 aliphatic heterocycles. The van der Waals surface area contributed by atoms with Crippen molar-refractivity contribution in [2.45, 2.75) is 62.6 Å². The molecule has 0 radical (unpaired) electrons. The Morgan fingerprint density at radius 2 is 1.87 bits per heavy atom. The van der Waals surface area contributed by atoms with Gasteiger partial charge in [0.25, 0.3) is 0 Å². The molecule has 1 atom stereocenters. The van der Waals surface area contributed by atoms with Crippen LogP contribution in [0.2, 0.25) is 5.02 Å². The zero-order chi connectivity index (χ0) is 15.9. The number of hydrazone groups is 1. The molecule has 2 fully saturated rings. The summed E-state index contributed by atoms with van der Waals surface area (Å²) in [6, 6.07) is 8.12. The lowest BCUT2D eigenvalue weighted by Crippen LogP contribution is -2.62. The number of aliphatic hydroxyl groups is 1. The minimum absolute atomic E-state index is 0.0749. The molecule has 1 saturated heterocycles. The number of rotatable bonds is 2. The fourth-order valence-corrected chi connectivity index (χ4v) is 4.52. The summed E-state index contributed by atoms with van der Waals surface area (Å²) in [6.07, 6.45) is 7.61. The summed E-state index contributed by atoms with van der Waals surface area (Å²) < 4.78 is 0. The van der Waals surface area contributed by atoms with Crippen LogP contribution in [0.15, 0.2) is 29.4 Å². The van der Waals surface area contributed by atoms with Crippen LogP contribution < -0.4 is 5.43 Å². The number of halogens is 1. The quantitative estimate of drug-likeness (QED) is 0.873. The second kappa shape index (κ2) is 5.99. The fourth-order valence-electron chi connectivity index (χ4n) is 4.40. The van der Waals surface area contributed by atoms with Crippen molar-refractivity contribution in [2.24, 2.45) is 5.10 Å². The number of benzene rings is 1. The van der Waals surface area contributed by atoms with Crippen LogP contribution in [0.1, 0.15) is 50.5 Å². The Kier molecular flexibility index (Phi) is 3.98. The standard InChI is InChI=1S/C18H24ClN3O/c19-14-8-6-13(7-9-14)18(11-15(23)12-18)17-21-20-16-5-3-1-2-4-10-22(16)17/h6-9,15,17,21,23H,1-5,10-12H2. The van der Waals surface area contributed by atoms with Gasteiger partial charge in [0.2, 0.25) is 0 Å². The molecule has 3 aliphatic rings. The maximum Gasteiger partial charge on any atom is 0.126 e. The summed E-state index contributed by atoms with van der Waals surface area (Å²) >= 11 is 6.06. The molecule has 1 saturated carbocycles. The Hall–Kier alpha value is -1.26. The number of nitrogens with one attached hydrogen (secondary N) is 1. The molecule has 1 aliphatic carbocycles. The third-order valence-corrected chi connectivity index (χ3v) is 5.90. The van der Waals surface area contributed by atoms with Crippen molar-refractivity contribution in [3.63, 3.8) is 0 Å². The summed E-state index contributed by atoms with van der Waals surface area (Å²) in [6.45, 7) is 1.06. The fraction of sp³-hybridized carbons (Fsp3) is 0.611. The van der Waals surface area contributed by atoms with E-state index in [1.807, 2.05) is 12.1 Å². The van der Waals surface area contributed by atoms with Crippen molar-refractivity contribution in [1.82, 2.24) is 10.3 Å².